The molecule has 0 spiro atoms. The van der Waals surface area contributed by atoms with Crippen LogP contribution >= 0.6 is 15.6 Å². The van der Waals surface area contributed by atoms with E-state index in [1.165, 1.54) is 231 Å². The minimum absolute atomic E-state index is 0.107. The molecule has 0 amide bonds. The molecule has 103 heavy (non-hydrogen) atoms. The lowest BCUT2D eigenvalue weighted by Gasteiger charge is -2.21. The first-order valence-electron chi connectivity index (χ1n) is 43.2. The van der Waals surface area contributed by atoms with E-state index in [0.717, 1.165) is 120 Å². The highest BCUT2D eigenvalue weighted by Crippen LogP contribution is 2.45. The summed E-state index contributed by atoms with van der Waals surface area (Å²) in [5, 5.41) is 10.7. The third kappa shape index (κ3) is 76.6. The minimum atomic E-state index is -4.96. The molecule has 0 fully saturated rings. The van der Waals surface area contributed by atoms with Crippen LogP contribution < -0.4 is 0 Å². The quantitative estimate of drug-likeness (QED) is 0.0222. The Kier molecular flexibility index (Phi) is 71.5. The van der Waals surface area contributed by atoms with Gasteiger partial charge >= 0.3 is 39.5 Å². The molecule has 0 aromatic carbocycles. The number of hydrogen-bond donors (Lipinski definition) is 3. The van der Waals surface area contributed by atoms with Crippen LogP contribution in [0, 0.1) is 23.7 Å². The smallest absolute Gasteiger partial charge is 0.462 e. The molecule has 3 unspecified atom stereocenters. The lowest BCUT2D eigenvalue weighted by atomic mass is 10.00. The normalized spacial score (nSPS) is 14.2. The lowest BCUT2D eigenvalue weighted by Crippen LogP contribution is -2.30. The third-order valence-electron chi connectivity index (χ3n) is 19.9. The number of aliphatic hydroxyl groups is 1. The summed E-state index contributed by atoms with van der Waals surface area (Å²) in [6.45, 7) is 14.3. The van der Waals surface area contributed by atoms with E-state index in [1.54, 1.807) is 0 Å². The largest absolute Gasteiger partial charge is 0.472 e. The van der Waals surface area contributed by atoms with Crippen LogP contribution in [0.2, 0.25) is 0 Å². The number of esters is 4. The monoisotopic (exact) mass is 1510 g/mol. The van der Waals surface area contributed by atoms with Crippen LogP contribution in [0.5, 0.6) is 0 Å². The molecule has 0 saturated carbocycles. The summed E-state index contributed by atoms with van der Waals surface area (Å²) in [7, 11) is -9.93. The number of phosphoric ester groups is 2. The molecule has 19 heteroatoms. The number of ether oxygens (including phenoxy) is 4. The molecular formula is C84H164O17P2. The fraction of sp³-hybridized carbons (Fsp3) is 0.952. The SMILES string of the molecule is CCC(C)CCCCCCCCC(=O)OC[C@H](COP(=O)(O)OC[C@H](O)COP(=O)(O)OC[C@@H](COC(=O)CCCCCCCCCCCCCCCC(C)C)OC(=O)CCCCCCCCCCCCCCCC(C)C)OC(=O)CCCCCCCCCCCCCCCCCCCCC(C)C. The molecule has 0 heterocycles. The highest BCUT2D eigenvalue weighted by Gasteiger charge is 2.30. The second-order valence-electron chi connectivity index (χ2n) is 31.9. The Morgan fingerprint density at radius 1 is 0.272 bits per heavy atom. The van der Waals surface area contributed by atoms with Gasteiger partial charge in [0.15, 0.2) is 12.2 Å². The van der Waals surface area contributed by atoms with Gasteiger partial charge in [-0.2, -0.15) is 0 Å². The van der Waals surface area contributed by atoms with Crippen LogP contribution in [-0.4, -0.2) is 96.7 Å². The van der Waals surface area contributed by atoms with Crippen LogP contribution in [0.25, 0.3) is 0 Å². The van der Waals surface area contributed by atoms with Crippen molar-refractivity contribution in [1.29, 1.82) is 0 Å². The van der Waals surface area contributed by atoms with Crippen molar-refractivity contribution in [3.05, 3.63) is 0 Å². The number of aliphatic hydroxyl groups excluding tert-OH is 1. The Bertz CT molecular complexity index is 2010. The highest BCUT2D eigenvalue weighted by atomic mass is 31.2. The topological polar surface area (TPSA) is 237 Å². The fourth-order valence-electron chi connectivity index (χ4n) is 12.9. The van der Waals surface area contributed by atoms with E-state index < -0.39 is 97.5 Å². The maximum atomic E-state index is 13.1. The number of phosphoric acid groups is 2. The van der Waals surface area contributed by atoms with Crippen molar-refractivity contribution in [3.63, 3.8) is 0 Å². The van der Waals surface area contributed by atoms with E-state index in [0.29, 0.717) is 25.7 Å². The van der Waals surface area contributed by atoms with Gasteiger partial charge in [0.2, 0.25) is 0 Å². The van der Waals surface area contributed by atoms with Crippen LogP contribution in [0.3, 0.4) is 0 Å². The number of unbranched alkanes of at least 4 members (excludes halogenated alkanes) is 46. The highest BCUT2D eigenvalue weighted by molar-refractivity contribution is 7.47. The average molecular weight is 1510 g/mol. The van der Waals surface area contributed by atoms with Crippen molar-refractivity contribution in [2.45, 2.75) is 453 Å². The van der Waals surface area contributed by atoms with Crippen molar-refractivity contribution in [1.82, 2.24) is 0 Å². The first-order chi connectivity index (χ1) is 49.6. The predicted molar refractivity (Wildman–Crippen MR) is 423 cm³/mol. The summed E-state index contributed by atoms with van der Waals surface area (Å²) >= 11 is 0. The van der Waals surface area contributed by atoms with Gasteiger partial charge in [-0.1, -0.05) is 383 Å². The maximum absolute atomic E-state index is 13.1. The number of carbonyl (C=O) groups is 4. The zero-order valence-electron chi connectivity index (χ0n) is 68.0. The van der Waals surface area contributed by atoms with E-state index in [2.05, 4.69) is 55.4 Å². The second-order valence-corrected chi connectivity index (χ2v) is 34.8. The summed E-state index contributed by atoms with van der Waals surface area (Å²) in [6.07, 6.45) is 61.1. The summed E-state index contributed by atoms with van der Waals surface area (Å²) in [5.74, 6) is 1.02. The molecule has 0 aliphatic rings. The van der Waals surface area contributed by atoms with Gasteiger partial charge in [-0.05, 0) is 49.4 Å². The molecule has 0 aliphatic heterocycles. The Morgan fingerprint density at radius 2 is 0.466 bits per heavy atom. The Labute approximate surface area is 632 Å². The van der Waals surface area contributed by atoms with Gasteiger partial charge in [0, 0.05) is 25.7 Å². The van der Waals surface area contributed by atoms with E-state index in [9.17, 15) is 43.2 Å². The second kappa shape index (κ2) is 72.9. The molecule has 0 aromatic rings. The zero-order chi connectivity index (χ0) is 76.0. The van der Waals surface area contributed by atoms with Crippen molar-refractivity contribution in [2.75, 3.05) is 39.6 Å². The van der Waals surface area contributed by atoms with Crippen LogP contribution in [0.4, 0.5) is 0 Å². The molecule has 0 aliphatic carbocycles. The zero-order valence-corrected chi connectivity index (χ0v) is 69.7. The van der Waals surface area contributed by atoms with Gasteiger partial charge in [-0.25, -0.2) is 9.13 Å². The fourth-order valence-corrected chi connectivity index (χ4v) is 14.5. The lowest BCUT2D eigenvalue weighted by molar-refractivity contribution is -0.161. The van der Waals surface area contributed by atoms with Gasteiger partial charge in [-0.15, -0.1) is 0 Å². The molecule has 17 nitrogen and oxygen atoms in total. The van der Waals surface area contributed by atoms with Crippen LogP contribution in [0.1, 0.15) is 434 Å². The first-order valence-corrected chi connectivity index (χ1v) is 46.2. The van der Waals surface area contributed by atoms with E-state index in [-0.39, 0.29) is 25.7 Å². The minimum Gasteiger partial charge on any atom is -0.462 e. The Hall–Kier alpha value is -1.94. The summed E-state index contributed by atoms with van der Waals surface area (Å²) in [5.41, 5.74) is 0. The maximum Gasteiger partial charge on any atom is 0.472 e. The number of rotatable bonds is 81. The predicted octanol–water partition coefficient (Wildman–Crippen LogP) is 25.2. The van der Waals surface area contributed by atoms with Crippen LogP contribution in [0.15, 0.2) is 0 Å². The standard InChI is InChI=1S/C84H164O17P2/c1-9-77(8)63-55-47-42-43-49-57-65-82(87)95-71-80(101-84(89)66-58-50-40-34-28-21-15-13-11-10-12-14-18-24-30-36-44-52-60-74(2)3)73-99-103(92,93)97-69-78(85)68-96-102(90,91)98-72-79(100-83(88)67-59-51-41-35-29-23-17-20-26-32-38-46-54-62-76(6)7)70-94-81(86)64-56-48-39-33-27-22-16-19-25-31-37-45-53-61-75(4)5/h74-80,85H,9-73H2,1-8H3,(H,90,91)(H,92,93)/t77?,78-,79-,80-/m1/s1. The van der Waals surface area contributed by atoms with Crippen molar-refractivity contribution >= 4 is 39.5 Å². The van der Waals surface area contributed by atoms with Gasteiger partial charge < -0.3 is 33.8 Å². The Morgan fingerprint density at radius 3 is 0.689 bits per heavy atom. The molecule has 0 aromatic heterocycles. The van der Waals surface area contributed by atoms with Gasteiger partial charge in [-0.3, -0.25) is 37.3 Å². The summed E-state index contributed by atoms with van der Waals surface area (Å²) in [4.78, 5) is 73.1. The van der Waals surface area contributed by atoms with Crippen molar-refractivity contribution in [3.8, 4) is 0 Å². The molecular weight excluding hydrogens is 1340 g/mol. The first kappa shape index (κ1) is 101. The van der Waals surface area contributed by atoms with E-state index in [1.807, 2.05) is 0 Å². The Balaban J connectivity index is 5.22. The molecule has 3 N–H and O–H groups in total. The van der Waals surface area contributed by atoms with Crippen molar-refractivity contribution in [2.24, 2.45) is 23.7 Å². The average Bonchev–Trinajstić information content (AvgIpc) is 0.912. The van der Waals surface area contributed by atoms with Gasteiger partial charge in [0.25, 0.3) is 0 Å². The molecule has 612 valence electrons. The number of carbonyl (C=O) groups excluding carboxylic acids is 4. The van der Waals surface area contributed by atoms with E-state index >= 15 is 0 Å². The van der Waals surface area contributed by atoms with Gasteiger partial charge in [0.1, 0.15) is 19.3 Å². The molecule has 0 saturated heterocycles. The van der Waals surface area contributed by atoms with E-state index in [4.69, 9.17) is 37.0 Å². The van der Waals surface area contributed by atoms with Crippen LogP contribution in [-0.2, 0) is 65.4 Å². The van der Waals surface area contributed by atoms with Crippen molar-refractivity contribution < 1.29 is 80.2 Å². The summed E-state index contributed by atoms with van der Waals surface area (Å²) < 4.78 is 68.8. The molecule has 0 rings (SSSR count). The summed E-state index contributed by atoms with van der Waals surface area (Å²) in [6, 6.07) is 0. The molecule has 0 bridgehead atoms. The molecule has 0 radical (unpaired) electrons. The third-order valence-corrected chi connectivity index (χ3v) is 21.8. The number of hydrogen-bond acceptors (Lipinski definition) is 15. The molecule has 6 atom stereocenters. The van der Waals surface area contributed by atoms with Gasteiger partial charge in [0.05, 0.1) is 26.4 Å².